The van der Waals surface area contributed by atoms with Crippen LogP contribution in [0.1, 0.15) is 11.1 Å². The van der Waals surface area contributed by atoms with Crippen molar-refractivity contribution in [2.75, 3.05) is 5.75 Å². The summed E-state index contributed by atoms with van der Waals surface area (Å²) >= 11 is 1.62. The van der Waals surface area contributed by atoms with Crippen molar-refractivity contribution < 1.29 is 9.50 Å². The maximum Gasteiger partial charge on any atom is 0.123 e. The van der Waals surface area contributed by atoms with Gasteiger partial charge < -0.3 is 5.11 Å². The minimum Gasteiger partial charge on any atom is -0.392 e. The highest BCUT2D eigenvalue weighted by atomic mass is 32.2. The fourth-order valence-corrected chi connectivity index (χ4v) is 2.65. The second-order valence-corrected chi connectivity index (χ2v) is 5.71. The Morgan fingerprint density at radius 1 is 1.16 bits per heavy atom. The molecule has 0 spiro atoms. The molecule has 0 saturated carbocycles. The average Bonchev–Trinajstić information content (AvgIpc) is 2.38. The summed E-state index contributed by atoms with van der Waals surface area (Å²) in [4.78, 5) is 1.14. The molecule has 0 bridgehead atoms. The Morgan fingerprint density at radius 3 is 2.58 bits per heavy atom. The number of aryl methyl sites for hydroxylation is 1. The molecule has 1 N–H and O–H groups in total. The van der Waals surface area contributed by atoms with Gasteiger partial charge in [0.1, 0.15) is 5.82 Å². The van der Waals surface area contributed by atoms with E-state index in [1.807, 2.05) is 13.0 Å². The van der Waals surface area contributed by atoms with E-state index in [1.54, 1.807) is 17.8 Å². The first kappa shape index (κ1) is 14.1. The zero-order valence-corrected chi connectivity index (χ0v) is 11.7. The lowest BCUT2D eigenvalue weighted by atomic mass is 10.1. The molecule has 0 fully saturated rings. The third kappa shape index (κ3) is 4.69. The first-order valence-electron chi connectivity index (χ1n) is 6.25. The van der Waals surface area contributed by atoms with Gasteiger partial charge >= 0.3 is 0 Å². The molecule has 2 rings (SSSR count). The molecule has 0 aliphatic rings. The summed E-state index contributed by atoms with van der Waals surface area (Å²) in [5.41, 5.74) is 2.06. The minimum absolute atomic E-state index is 0.254. The van der Waals surface area contributed by atoms with Crippen molar-refractivity contribution in [3.8, 4) is 0 Å². The Labute approximate surface area is 117 Å². The van der Waals surface area contributed by atoms with Crippen LogP contribution in [-0.2, 0) is 6.42 Å². The first-order chi connectivity index (χ1) is 9.13. The molecule has 0 saturated heterocycles. The Bertz CT molecular complexity index is 525. The van der Waals surface area contributed by atoms with Gasteiger partial charge in [-0.05, 0) is 43.2 Å². The van der Waals surface area contributed by atoms with Crippen molar-refractivity contribution in [2.45, 2.75) is 24.3 Å². The number of halogens is 1. The van der Waals surface area contributed by atoms with Crippen LogP contribution in [0, 0.1) is 12.7 Å². The summed E-state index contributed by atoms with van der Waals surface area (Å²) in [6.07, 6.45) is 0.0180. The Kier molecular flexibility index (Phi) is 5.00. The van der Waals surface area contributed by atoms with Gasteiger partial charge in [0.05, 0.1) is 6.10 Å². The zero-order chi connectivity index (χ0) is 13.7. The molecule has 19 heavy (non-hydrogen) atoms. The van der Waals surface area contributed by atoms with Crippen LogP contribution in [-0.4, -0.2) is 17.0 Å². The van der Waals surface area contributed by atoms with Gasteiger partial charge in [0.2, 0.25) is 0 Å². The third-order valence-corrected chi connectivity index (χ3v) is 3.98. The van der Waals surface area contributed by atoms with Gasteiger partial charge in [0.25, 0.3) is 0 Å². The standard InChI is InChI=1S/C16H17FOS/c1-12-5-7-16(8-6-12)19-11-15(18)10-13-3-2-4-14(17)9-13/h2-9,15,18H,10-11H2,1H3. The molecule has 3 heteroatoms. The highest BCUT2D eigenvalue weighted by molar-refractivity contribution is 7.99. The van der Waals surface area contributed by atoms with E-state index in [0.717, 1.165) is 10.5 Å². The average molecular weight is 276 g/mol. The van der Waals surface area contributed by atoms with Crippen molar-refractivity contribution in [3.05, 3.63) is 65.5 Å². The molecule has 0 aliphatic heterocycles. The molecule has 0 amide bonds. The fourth-order valence-electron chi connectivity index (χ4n) is 1.82. The van der Waals surface area contributed by atoms with Crippen LogP contribution in [0.3, 0.4) is 0 Å². The second-order valence-electron chi connectivity index (χ2n) is 4.61. The van der Waals surface area contributed by atoms with E-state index in [2.05, 4.69) is 24.3 Å². The number of aliphatic hydroxyl groups excluding tert-OH is 1. The van der Waals surface area contributed by atoms with E-state index >= 15 is 0 Å². The molecule has 1 nitrogen and oxygen atoms in total. The quantitative estimate of drug-likeness (QED) is 0.838. The lowest BCUT2D eigenvalue weighted by Gasteiger charge is -2.10. The summed E-state index contributed by atoms with van der Waals surface area (Å²) in [6.45, 7) is 2.05. The number of benzene rings is 2. The van der Waals surface area contributed by atoms with Crippen LogP contribution >= 0.6 is 11.8 Å². The van der Waals surface area contributed by atoms with Gasteiger partial charge in [0.15, 0.2) is 0 Å². The highest BCUT2D eigenvalue weighted by Crippen LogP contribution is 2.20. The summed E-state index contributed by atoms with van der Waals surface area (Å²) in [7, 11) is 0. The Balaban J connectivity index is 1.84. The smallest absolute Gasteiger partial charge is 0.123 e. The molecule has 2 aromatic carbocycles. The first-order valence-corrected chi connectivity index (χ1v) is 7.24. The molecular formula is C16H17FOS. The Hall–Kier alpha value is -1.32. The zero-order valence-electron chi connectivity index (χ0n) is 10.8. The number of rotatable bonds is 5. The van der Waals surface area contributed by atoms with Crippen LogP contribution in [0.4, 0.5) is 4.39 Å². The largest absolute Gasteiger partial charge is 0.392 e. The number of aliphatic hydroxyl groups is 1. The van der Waals surface area contributed by atoms with Gasteiger partial charge in [-0.25, -0.2) is 4.39 Å². The van der Waals surface area contributed by atoms with Crippen LogP contribution in [0.25, 0.3) is 0 Å². The van der Waals surface area contributed by atoms with Gasteiger partial charge in [0, 0.05) is 10.6 Å². The van der Waals surface area contributed by atoms with E-state index in [0.29, 0.717) is 12.2 Å². The summed E-state index contributed by atoms with van der Waals surface area (Å²) in [5, 5.41) is 9.97. The molecule has 0 aliphatic carbocycles. The lowest BCUT2D eigenvalue weighted by Crippen LogP contribution is -2.13. The maximum atomic E-state index is 13.0. The van der Waals surface area contributed by atoms with Crippen molar-refractivity contribution in [1.82, 2.24) is 0 Å². The SMILES string of the molecule is Cc1ccc(SCC(O)Cc2cccc(F)c2)cc1. The lowest BCUT2D eigenvalue weighted by molar-refractivity contribution is 0.200. The number of hydrogen-bond acceptors (Lipinski definition) is 2. The summed E-state index contributed by atoms with van der Waals surface area (Å²) < 4.78 is 13.0. The topological polar surface area (TPSA) is 20.2 Å². The summed E-state index contributed by atoms with van der Waals surface area (Å²) in [5.74, 6) is 0.357. The number of thioether (sulfide) groups is 1. The van der Waals surface area contributed by atoms with E-state index in [9.17, 15) is 9.50 Å². The fraction of sp³-hybridized carbons (Fsp3) is 0.250. The molecular weight excluding hydrogens is 259 g/mol. The van der Waals surface area contributed by atoms with Gasteiger partial charge in [-0.2, -0.15) is 0 Å². The highest BCUT2D eigenvalue weighted by Gasteiger charge is 2.07. The van der Waals surface area contributed by atoms with Crippen molar-refractivity contribution in [3.63, 3.8) is 0 Å². The van der Waals surface area contributed by atoms with E-state index in [-0.39, 0.29) is 5.82 Å². The monoisotopic (exact) mass is 276 g/mol. The summed E-state index contributed by atoms with van der Waals surface area (Å²) in [6, 6.07) is 14.6. The van der Waals surface area contributed by atoms with Crippen LogP contribution in [0.5, 0.6) is 0 Å². The second kappa shape index (κ2) is 6.73. The van der Waals surface area contributed by atoms with Crippen molar-refractivity contribution >= 4 is 11.8 Å². The van der Waals surface area contributed by atoms with Crippen molar-refractivity contribution in [1.29, 1.82) is 0 Å². The molecule has 0 aromatic heterocycles. The van der Waals surface area contributed by atoms with Crippen LogP contribution in [0.2, 0.25) is 0 Å². The maximum absolute atomic E-state index is 13.0. The van der Waals surface area contributed by atoms with Gasteiger partial charge in [-0.3, -0.25) is 0 Å². The van der Waals surface area contributed by atoms with E-state index in [4.69, 9.17) is 0 Å². The third-order valence-electron chi connectivity index (χ3n) is 2.82. The van der Waals surface area contributed by atoms with Crippen LogP contribution in [0.15, 0.2) is 53.4 Å². The molecule has 0 radical (unpaired) electrons. The minimum atomic E-state index is -0.465. The van der Waals surface area contributed by atoms with Gasteiger partial charge in [-0.1, -0.05) is 29.8 Å². The van der Waals surface area contributed by atoms with E-state index < -0.39 is 6.10 Å². The normalized spacial score (nSPS) is 12.4. The molecule has 1 atom stereocenters. The van der Waals surface area contributed by atoms with Crippen molar-refractivity contribution in [2.24, 2.45) is 0 Å². The van der Waals surface area contributed by atoms with Crippen LogP contribution < -0.4 is 0 Å². The predicted octanol–water partition coefficient (Wildman–Crippen LogP) is 3.83. The predicted molar refractivity (Wildman–Crippen MR) is 78.0 cm³/mol. The van der Waals surface area contributed by atoms with Gasteiger partial charge in [-0.15, -0.1) is 11.8 Å². The molecule has 1 unspecified atom stereocenters. The number of hydrogen-bond donors (Lipinski definition) is 1. The molecule has 2 aromatic rings. The van der Waals surface area contributed by atoms with E-state index in [1.165, 1.54) is 17.7 Å². The molecule has 100 valence electrons. The molecule has 0 heterocycles. The Morgan fingerprint density at radius 2 is 1.89 bits per heavy atom.